The lowest BCUT2D eigenvalue weighted by Gasteiger charge is -2.06. The lowest BCUT2D eigenvalue weighted by Crippen LogP contribution is -2.34. The summed E-state index contributed by atoms with van der Waals surface area (Å²) in [6, 6.07) is 14.5. The molecule has 25 heavy (non-hydrogen) atoms. The number of hydrazone groups is 1. The summed E-state index contributed by atoms with van der Waals surface area (Å²) in [5, 5.41) is 6.45. The highest BCUT2D eigenvalue weighted by molar-refractivity contribution is 5.96. The predicted octanol–water partition coefficient (Wildman–Crippen LogP) is 2.27. The number of para-hydroxylation sites is 1. The third kappa shape index (κ3) is 5.76. The molecule has 6 heteroatoms. The van der Waals surface area contributed by atoms with Crippen LogP contribution in [0.25, 0.3) is 0 Å². The second-order valence-electron chi connectivity index (χ2n) is 5.32. The van der Waals surface area contributed by atoms with E-state index in [4.69, 9.17) is 4.74 Å². The molecular formula is C19H21N3O3. The topological polar surface area (TPSA) is 79.8 Å². The highest BCUT2D eigenvalue weighted by Gasteiger charge is 2.07. The van der Waals surface area contributed by atoms with Gasteiger partial charge in [-0.1, -0.05) is 29.8 Å². The van der Waals surface area contributed by atoms with Crippen LogP contribution in [0.2, 0.25) is 0 Å². The predicted molar refractivity (Wildman–Crippen MR) is 96.9 cm³/mol. The van der Waals surface area contributed by atoms with Gasteiger partial charge in [0.2, 0.25) is 0 Å². The Bertz CT molecular complexity index is 772. The second-order valence-corrected chi connectivity index (χ2v) is 5.32. The van der Waals surface area contributed by atoms with Crippen LogP contribution >= 0.6 is 0 Å². The van der Waals surface area contributed by atoms with Gasteiger partial charge < -0.3 is 10.1 Å². The maximum Gasteiger partial charge on any atom is 0.259 e. The number of hydrogen-bond acceptors (Lipinski definition) is 4. The molecule has 0 aliphatic rings. The SMILES string of the molecule is CCOc1ccccc1/C=N/NC(=O)CNC(=O)c1cccc(C)c1. The van der Waals surface area contributed by atoms with Crippen LogP contribution in [0.1, 0.15) is 28.4 Å². The first-order chi connectivity index (χ1) is 12.1. The minimum Gasteiger partial charge on any atom is -0.493 e. The number of ether oxygens (including phenoxy) is 1. The number of carbonyl (C=O) groups excluding carboxylic acids is 2. The van der Waals surface area contributed by atoms with Gasteiger partial charge in [-0.2, -0.15) is 5.10 Å². The molecule has 2 N–H and O–H groups in total. The van der Waals surface area contributed by atoms with Crippen molar-refractivity contribution < 1.29 is 14.3 Å². The molecular weight excluding hydrogens is 318 g/mol. The molecule has 6 nitrogen and oxygen atoms in total. The van der Waals surface area contributed by atoms with E-state index >= 15 is 0 Å². The van der Waals surface area contributed by atoms with Gasteiger partial charge in [0.15, 0.2) is 0 Å². The molecule has 0 heterocycles. The smallest absolute Gasteiger partial charge is 0.259 e. The zero-order valence-corrected chi connectivity index (χ0v) is 14.3. The molecule has 0 bridgehead atoms. The second kappa shape index (κ2) is 9.22. The van der Waals surface area contributed by atoms with Gasteiger partial charge in [-0.05, 0) is 38.1 Å². The highest BCUT2D eigenvalue weighted by atomic mass is 16.5. The van der Waals surface area contributed by atoms with Crippen molar-refractivity contribution in [3.8, 4) is 5.75 Å². The van der Waals surface area contributed by atoms with Gasteiger partial charge in [0.1, 0.15) is 5.75 Å². The van der Waals surface area contributed by atoms with Gasteiger partial charge in [-0.15, -0.1) is 0 Å². The summed E-state index contributed by atoms with van der Waals surface area (Å²) in [4.78, 5) is 23.7. The molecule has 2 amide bonds. The van der Waals surface area contributed by atoms with Crippen molar-refractivity contribution in [1.29, 1.82) is 0 Å². The van der Waals surface area contributed by atoms with Crippen molar-refractivity contribution in [2.45, 2.75) is 13.8 Å². The van der Waals surface area contributed by atoms with E-state index in [2.05, 4.69) is 15.8 Å². The number of nitrogens with one attached hydrogen (secondary N) is 2. The summed E-state index contributed by atoms with van der Waals surface area (Å²) in [6.45, 7) is 4.18. The Balaban J connectivity index is 1.84. The number of carbonyl (C=O) groups is 2. The van der Waals surface area contributed by atoms with Crippen LogP contribution in [0.4, 0.5) is 0 Å². The van der Waals surface area contributed by atoms with Crippen LogP contribution in [-0.4, -0.2) is 31.2 Å². The van der Waals surface area contributed by atoms with Crippen LogP contribution < -0.4 is 15.5 Å². The van der Waals surface area contributed by atoms with E-state index in [1.165, 1.54) is 6.21 Å². The van der Waals surface area contributed by atoms with Crippen LogP contribution in [0.3, 0.4) is 0 Å². The average Bonchev–Trinajstić information content (AvgIpc) is 2.61. The van der Waals surface area contributed by atoms with Gasteiger partial charge in [-0.25, -0.2) is 5.43 Å². The van der Waals surface area contributed by atoms with E-state index in [1.807, 2.05) is 44.2 Å². The fourth-order valence-corrected chi connectivity index (χ4v) is 2.14. The number of aryl methyl sites for hydroxylation is 1. The van der Waals surface area contributed by atoms with E-state index in [1.54, 1.807) is 18.2 Å². The largest absolute Gasteiger partial charge is 0.493 e. The Morgan fingerprint density at radius 1 is 1.16 bits per heavy atom. The summed E-state index contributed by atoms with van der Waals surface area (Å²) in [6.07, 6.45) is 1.51. The first kappa shape index (κ1) is 18.2. The Morgan fingerprint density at radius 2 is 1.96 bits per heavy atom. The third-order valence-electron chi connectivity index (χ3n) is 3.30. The van der Waals surface area contributed by atoms with Crippen molar-refractivity contribution in [3.63, 3.8) is 0 Å². The zero-order valence-electron chi connectivity index (χ0n) is 14.3. The summed E-state index contributed by atoms with van der Waals surface area (Å²) in [7, 11) is 0. The minimum absolute atomic E-state index is 0.156. The summed E-state index contributed by atoms with van der Waals surface area (Å²) in [5.74, 6) is -0.0218. The van der Waals surface area contributed by atoms with Crippen molar-refractivity contribution in [2.75, 3.05) is 13.2 Å². The van der Waals surface area contributed by atoms with Crippen LogP contribution in [-0.2, 0) is 4.79 Å². The van der Waals surface area contributed by atoms with Crippen molar-refractivity contribution in [2.24, 2.45) is 5.10 Å². The Kier molecular flexibility index (Phi) is 6.71. The van der Waals surface area contributed by atoms with Gasteiger partial charge in [0.25, 0.3) is 11.8 Å². The molecule has 0 saturated heterocycles. The number of amides is 2. The minimum atomic E-state index is -0.411. The summed E-state index contributed by atoms with van der Waals surface area (Å²) >= 11 is 0. The summed E-state index contributed by atoms with van der Waals surface area (Å²) in [5.41, 5.74) is 4.63. The van der Waals surface area contributed by atoms with E-state index in [0.717, 1.165) is 11.1 Å². The number of rotatable bonds is 7. The van der Waals surface area contributed by atoms with Crippen molar-refractivity contribution >= 4 is 18.0 Å². The van der Waals surface area contributed by atoms with Gasteiger partial charge in [0, 0.05) is 11.1 Å². The number of nitrogens with zero attached hydrogens (tertiary/aromatic N) is 1. The molecule has 0 aliphatic carbocycles. The van der Waals surface area contributed by atoms with E-state index in [0.29, 0.717) is 17.9 Å². The third-order valence-corrected chi connectivity index (χ3v) is 3.30. The molecule has 0 spiro atoms. The maximum absolute atomic E-state index is 12.0. The monoisotopic (exact) mass is 339 g/mol. The lowest BCUT2D eigenvalue weighted by molar-refractivity contribution is -0.120. The molecule has 2 rings (SSSR count). The number of hydrogen-bond donors (Lipinski definition) is 2. The molecule has 0 aromatic heterocycles. The standard InChI is InChI=1S/C19H21N3O3/c1-3-25-17-10-5-4-8-16(17)12-21-22-18(23)13-20-19(24)15-9-6-7-14(2)11-15/h4-12H,3,13H2,1-2H3,(H,20,24)(H,22,23)/b21-12+. The van der Waals surface area contributed by atoms with Crippen LogP contribution in [0, 0.1) is 6.92 Å². The Labute approximate surface area is 146 Å². The van der Waals surface area contributed by atoms with Gasteiger partial charge in [-0.3, -0.25) is 9.59 Å². The fraction of sp³-hybridized carbons (Fsp3) is 0.211. The Hall–Kier alpha value is -3.15. The van der Waals surface area contributed by atoms with Crippen LogP contribution in [0.15, 0.2) is 53.6 Å². The van der Waals surface area contributed by atoms with Crippen molar-refractivity contribution in [1.82, 2.24) is 10.7 Å². The van der Waals surface area contributed by atoms with Gasteiger partial charge >= 0.3 is 0 Å². The van der Waals surface area contributed by atoms with E-state index < -0.39 is 5.91 Å². The molecule has 0 radical (unpaired) electrons. The normalized spacial score (nSPS) is 10.5. The molecule has 2 aromatic rings. The number of benzene rings is 2. The van der Waals surface area contributed by atoms with Gasteiger partial charge in [0.05, 0.1) is 19.4 Å². The molecule has 0 atom stereocenters. The molecule has 2 aromatic carbocycles. The first-order valence-corrected chi connectivity index (χ1v) is 7.98. The van der Waals surface area contributed by atoms with Crippen molar-refractivity contribution in [3.05, 3.63) is 65.2 Å². The highest BCUT2D eigenvalue weighted by Crippen LogP contribution is 2.15. The quantitative estimate of drug-likeness (QED) is 0.600. The van der Waals surface area contributed by atoms with E-state index in [-0.39, 0.29) is 12.5 Å². The maximum atomic E-state index is 12.0. The zero-order chi connectivity index (χ0) is 18.1. The molecule has 0 fully saturated rings. The first-order valence-electron chi connectivity index (χ1n) is 7.98. The Morgan fingerprint density at radius 3 is 2.72 bits per heavy atom. The molecule has 0 unspecified atom stereocenters. The fourth-order valence-electron chi connectivity index (χ4n) is 2.14. The molecule has 0 aliphatic heterocycles. The summed E-state index contributed by atoms with van der Waals surface area (Å²) < 4.78 is 5.47. The van der Waals surface area contributed by atoms with E-state index in [9.17, 15) is 9.59 Å². The lowest BCUT2D eigenvalue weighted by atomic mass is 10.1. The van der Waals surface area contributed by atoms with Crippen LogP contribution in [0.5, 0.6) is 5.75 Å². The molecule has 130 valence electrons. The average molecular weight is 339 g/mol. The molecule has 0 saturated carbocycles.